The van der Waals surface area contributed by atoms with Crippen LogP contribution in [0.1, 0.15) is 35.5 Å². The van der Waals surface area contributed by atoms with Crippen LogP contribution in [-0.2, 0) is 0 Å². The van der Waals surface area contributed by atoms with Gasteiger partial charge in [0, 0.05) is 16.3 Å². The molecule has 0 fully saturated rings. The Balaban J connectivity index is 2.44. The van der Waals surface area contributed by atoms with E-state index in [9.17, 15) is 9.50 Å². The van der Waals surface area contributed by atoms with E-state index in [1.54, 1.807) is 19.9 Å². The van der Waals surface area contributed by atoms with Gasteiger partial charge in [-0.05, 0) is 68.8 Å². The lowest BCUT2D eigenvalue weighted by atomic mass is 10.1. The van der Waals surface area contributed by atoms with E-state index in [2.05, 4.69) is 9.97 Å². The second kappa shape index (κ2) is 5.89. The summed E-state index contributed by atoms with van der Waals surface area (Å²) in [6, 6.07) is 5.00. The fourth-order valence-electron chi connectivity index (χ4n) is 1.92. The first-order valence-corrected chi connectivity index (χ1v) is 7.16. The number of halogens is 1. The van der Waals surface area contributed by atoms with Crippen LogP contribution >= 0.6 is 11.8 Å². The average molecular weight is 292 g/mol. The molecule has 1 aromatic heterocycles. The van der Waals surface area contributed by atoms with Crippen LogP contribution < -0.4 is 0 Å². The molecule has 1 heterocycles. The number of rotatable bonds is 3. The number of nitrogens with zero attached hydrogens (tertiary/aromatic N) is 2. The Bertz CT molecular complexity index is 624. The van der Waals surface area contributed by atoms with Gasteiger partial charge in [0.2, 0.25) is 0 Å². The summed E-state index contributed by atoms with van der Waals surface area (Å²) in [6.45, 7) is 7.14. The van der Waals surface area contributed by atoms with Gasteiger partial charge in [-0.15, -0.1) is 0 Å². The Kier molecular flexibility index (Phi) is 4.40. The minimum absolute atomic E-state index is 0.313. The summed E-state index contributed by atoms with van der Waals surface area (Å²) in [5.41, 5.74) is 2.87. The number of aromatic nitrogens is 2. The first-order chi connectivity index (χ1) is 9.36. The van der Waals surface area contributed by atoms with Crippen molar-refractivity contribution in [3.05, 3.63) is 46.5 Å². The van der Waals surface area contributed by atoms with Gasteiger partial charge in [-0.25, -0.2) is 14.4 Å². The highest BCUT2D eigenvalue weighted by Gasteiger charge is 2.14. The van der Waals surface area contributed by atoms with E-state index >= 15 is 0 Å². The number of aliphatic hydroxyl groups is 1. The van der Waals surface area contributed by atoms with Gasteiger partial charge in [0.05, 0.1) is 6.10 Å². The van der Waals surface area contributed by atoms with Gasteiger partial charge < -0.3 is 5.11 Å². The van der Waals surface area contributed by atoms with Crippen molar-refractivity contribution >= 4 is 11.8 Å². The van der Waals surface area contributed by atoms with E-state index in [1.165, 1.54) is 17.8 Å². The summed E-state index contributed by atoms with van der Waals surface area (Å²) in [5, 5.41) is 10.4. The molecule has 0 aliphatic rings. The molecule has 3 nitrogen and oxygen atoms in total. The normalized spacial score (nSPS) is 12.5. The van der Waals surface area contributed by atoms with Crippen LogP contribution in [0.2, 0.25) is 0 Å². The Morgan fingerprint density at radius 3 is 2.25 bits per heavy atom. The molecule has 5 heteroatoms. The number of hydrogen-bond acceptors (Lipinski definition) is 4. The van der Waals surface area contributed by atoms with Gasteiger partial charge in [0.25, 0.3) is 0 Å². The highest BCUT2D eigenvalue weighted by molar-refractivity contribution is 7.99. The smallest absolute Gasteiger partial charge is 0.192 e. The molecule has 2 rings (SSSR count). The van der Waals surface area contributed by atoms with Crippen LogP contribution in [0.4, 0.5) is 4.39 Å². The van der Waals surface area contributed by atoms with Crippen molar-refractivity contribution in [3.63, 3.8) is 0 Å². The van der Waals surface area contributed by atoms with Crippen molar-refractivity contribution in [2.45, 2.75) is 43.9 Å². The van der Waals surface area contributed by atoms with Crippen molar-refractivity contribution in [1.82, 2.24) is 9.97 Å². The Hall–Kier alpha value is -1.46. The maximum atomic E-state index is 13.6. The number of aryl methyl sites for hydroxylation is 3. The van der Waals surface area contributed by atoms with Gasteiger partial charge in [0.1, 0.15) is 5.82 Å². The fourth-order valence-corrected chi connectivity index (χ4v) is 3.08. The van der Waals surface area contributed by atoms with Crippen molar-refractivity contribution < 1.29 is 9.50 Å². The molecule has 20 heavy (non-hydrogen) atoms. The van der Waals surface area contributed by atoms with Crippen LogP contribution in [-0.4, -0.2) is 15.1 Å². The third-order valence-corrected chi connectivity index (χ3v) is 3.84. The van der Waals surface area contributed by atoms with Crippen molar-refractivity contribution in [2.75, 3.05) is 0 Å². The predicted molar refractivity (Wildman–Crippen MR) is 77.4 cm³/mol. The maximum Gasteiger partial charge on any atom is 0.192 e. The quantitative estimate of drug-likeness (QED) is 0.875. The zero-order valence-corrected chi connectivity index (χ0v) is 12.8. The van der Waals surface area contributed by atoms with Crippen LogP contribution in [0.5, 0.6) is 0 Å². The maximum absolute atomic E-state index is 13.6. The molecule has 1 aromatic carbocycles. The summed E-state index contributed by atoms with van der Waals surface area (Å²) >= 11 is 1.34. The molecule has 0 saturated heterocycles. The van der Waals surface area contributed by atoms with E-state index in [1.807, 2.05) is 19.9 Å². The van der Waals surface area contributed by atoms with Gasteiger partial charge in [-0.3, -0.25) is 0 Å². The predicted octanol–water partition coefficient (Wildman–Crippen LogP) is 3.75. The SMILES string of the molecule is Cc1cc(C)nc(Sc2cc(C)c(F)cc2[C@H](C)O)n1. The van der Waals surface area contributed by atoms with Crippen molar-refractivity contribution in [2.24, 2.45) is 0 Å². The molecule has 0 aliphatic heterocycles. The highest BCUT2D eigenvalue weighted by atomic mass is 32.2. The van der Waals surface area contributed by atoms with E-state index in [-0.39, 0.29) is 5.82 Å². The number of aliphatic hydroxyl groups excluding tert-OH is 1. The molecular weight excluding hydrogens is 275 g/mol. The lowest BCUT2D eigenvalue weighted by Crippen LogP contribution is -1.99. The standard InChI is InChI=1S/C15H17FN2OS/c1-8-5-14(12(11(4)19)7-13(8)16)20-15-17-9(2)6-10(3)18-15/h5-7,11,19H,1-4H3/t11-/m0/s1. The Morgan fingerprint density at radius 1 is 1.10 bits per heavy atom. The Labute approximate surface area is 122 Å². The van der Waals surface area contributed by atoms with Gasteiger partial charge in [0.15, 0.2) is 5.16 Å². The lowest BCUT2D eigenvalue weighted by molar-refractivity contribution is 0.196. The number of benzene rings is 1. The molecule has 0 saturated carbocycles. The van der Waals surface area contributed by atoms with E-state index < -0.39 is 6.10 Å². The minimum atomic E-state index is -0.737. The first kappa shape index (κ1) is 14.9. The second-order valence-corrected chi connectivity index (χ2v) is 5.86. The third-order valence-electron chi connectivity index (χ3n) is 2.90. The van der Waals surface area contributed by atoms with E-state index in [0.29, 0.717) is 16.3 Å². The Morgan fingerprint density at radius 2 is 1.70 bits per heavy atom. The van der Waals surface area contributed by atoms with E-state index in [0.717, 1.165) is 16.3 Å². The molecule has 0 amide bonds. The molecule has 0 bridgehead atoms. The topological polar surface area (TPSA) is 46.0 Å². The summed E-state index contributed by atoms with van der Waals surface area (Å²) in [7, 11) is 0. The van der Waals surface area contributed by atoms with Crippen LogP contribution in [0.25, 0.3) is 0 Å². The summed E-state index contributed by atoms with van der Waals surface area (Å²) in [5.74, 6) is -0.313. The zero-order valence-electron chi connectivity index (χ0n) is 11.9. The molecule has 0 radical (unpaired) electrons. The van der Waals surface area contributed by atoms with Gasteiger partial charge >= 0.3 is 0 Å². The summed E-state index contributed by atoms with van der Waals surface area (Å²) in [6.07, 6.45) is -0.737. The molecule has 0 unspecified atom stereocenters. The molecular formula is C15H17FN2OS. The van der Waals surface area contributed by atoms with Gasteiger partial charge in [-0.2, -0.15) is 0 Å². The summed E-state index contributed by atoms with van der Waals surface area (Å²) in [4.78, 5) is 9.50. The molecule has 2 aromatic rings. The zero-order chi connectivity index (χ0) is 14.9. The monoisotopic (exact) mass is 292 g/mol. The van der Waals surface area contributed by atoms with E-state index in [4.69, 9.17) is 0 Å². The van der Waals surface area contributed by atoms with Crippen LogP contribution in [0, 0.1) is 26.6 Å². The molecule has 0 spiro atoms. The summed E-state index contributed by atoms with van der Waals surface area (Å²) < 4.78 is 13.6. The molecule has 1 atom stereocenters. The van der Waals surface area contributed by atoms with Crippen LogP contribution in [0.15, 0.2) is 28.3 Å². The highest BCUT2D eigenvalue weighted by Crippen LogP contribution is 2.33. The number of hydrogen-bond donors (Lipinski definition) is 1. The third kappa shape index (κ3) is 3.35. The first-order valence-electron chi connectivity index (χ1n) is 6.35. The van der Waals surface area contributed by atoms with Crippen LogP contribution in [0.3, 0.4) is 0 Å². The second-order valence-electron chi connectivity index (χ2n) is 4.85. The molecule has 1 N–H and O–H groups in total. The largest absolute Gasteiger partial charge is 0.389 e. The molecule has 106 valence electrons. The van der Waals surface area contributed by atoms with Crippen molar-refractivity contribution in [1.29, 1.82) is 0 Å². The lowest BCUT2D eigenvalue weighted by Gasteiger charge is -2.13. The molecule has 0 aliphatic carbocycles. The minimum Gasteiger partial charge on any atom is -0.389 e. The average Bonchev–Trinajstić information content (AvgIpc) is 2.31. The fraction of sp³-hybridized carbons (Fsp3) is 0.333. The van der Waals surface area contributed by atoms with Crippen molar-refractivity contribution in [3.8, 4) is 0 Å². The van der Waals surface area contributed by atoms with Gasteiger partial charge in [-0.1, -0.05) is 0 Å².